The van der Waals surface area contributed by atoms with Crippen molar-refractivity contribution in [3.8, 4) is 0 Å². The summed E-state index contributed by atoms with van der Waals surface area (Å²) in [5.41, 5.74) is 0. The molecule has 0 N–H and O–H groups in total. The summed E-state index contributed by atoms with van der Waals surface area (Å²) >= 11 is 5.18. The first-order valence-corrected chi connectivity index (χ1v) is 10.2. The van der Waals surface area contributed by atoms with Crippen molar-refractivity contribution in [2.75, 3.05) is 18.3 Å². The van der Waals surface area contributed by atoms with Crippen molar-refractivity contribution in [2.45, 2.75) is 0 Å². The van der Waals surface area contributed by atoms with Crippen LogP contribution in [0.4, 0.5) is 0 Å². The lowest BCUT2D eigenvalue weighted by molar-refractivity contribution is 0.102. The van der Waals surface area contributed by atoms with Gasteiger partial charge in [-0.3, -0.25) is 4.79 Å². The van der Waals surface area contributed by atoms with E-state index in [4.69, 9.17) is 0 Å². The number of hydrogen-bond donors (Lipinski definition) is 0. The molecule has 0 spiro atoms. The molecule has 0 aliphatic heterocycles. The van der Waals surface area contributed by atoms with Gasteiger partial charge in [0.15, 0.2) is 5.78 Å². The fourth-order valence-corrected chi connectivity index (χ4v) is 4.00. The molecule has 0 aliphatic carbocycles. The minimum atomic E-state index is -0.939. The van der Waals surface area contributed by atoms with Gasteiger partial charge in [-0.05, 0) is 44.8 Å². The summed E-state index contributed by atoms with van der Waals surface area (Å²) in [6.45, 7) is 0. The number of ketones is 1. The second-order valence-corrected chi connectivity index (χ2v) is 13.6. The molecule has 0 unspecified atom stereocenters. The van der Waals surface area contributed by atoms with Crippen LogP contribution in [0.3, 0.4) is 0 Å². The Morgan fingerprint density at radius 2 is 2.06 bits per heavy atom. The maximum absolute atomic E-state index is 12.0. The largest absolute Gasteiger partial charge is 0.292 e. The smallest absolute Gasteiger partial charge is 0.181 e. The Morgan fingerprint density at radius 3 is 2.69 bits per heavy atom. The molecule has 0 aliphatic rings. The van der Waals surface area contributed by atoms with Gasteiger partial charge in [-0.25, -0.2) is 0 Å². The Morgan fingerprint density at radius 1 is 1.38 bits per heavy atom. The minimum Gasteiger partial charge on any atom is -0.292 e. The average Bonchev–Trinajstić information content (AvgIpc) is 2.58. The number of fused-ring (bicyclic) bond motifs is 1. The van der Waals surface area contributed by atoms with E-state index in [1.807, 2.05) is 18.2 Å². The summed E-state index contributed by atoms with van der Waals surface area (Å²) in [7, 11) is -0.939. The number of thiophene rings is 1. The second kappa shape index (κ2) is 4.51. The van der Waals surface area contributed by atoms with Gasteiger partial charge in [0, 0.05) is 4.70 Å². The highest BCUT2D eigenvalue weighted by molar-refractivity contribution is 9.58. The predicted octanol–water partition coefficient (Wildman–Crippen LogP) is 4.46. The van der Waals surface area contributed by atoms with Crippen LogP contribution in [0.1, 0.15) is 9.67 Å². The zero-order valence-corrected chi connectivity index (χ0v) is 12.4. The maximum Gasteiger partial charge on any atom is 0.181 e. The Balaban J connectivity index is 2.30. The SMILES string of the molecule is CS(C)(Br)CC(=O)c1cc2ccccc2s1. The lowest BCUT2D eigenvalue weighted by atomic mass is 10.2. The van der Waals surface area contributed by atoms with E-state index in [9.17, 15) is 4.79 Å². The zero-order valence-electron chi connectivity index (χ0n) is 9.20. The van der Waals surface area contributed by atoms with Gasteiger partial charge < -0.3 is 0 Å². The zero-order chi connectivity index (χ0) is 11.8. The van der Waals surface area contributed by atoms with Gasteiger partial charge >= 0.3 is 0 Å². The summed E-state index contributed by atoms with van der Waals surface area (Å²) in [6, 6.07) is 10.1. The van der Waals surface area contributed by atoms with Crippen LogP contribution in [-0.2, 0) is 0 Å². The third kappa shape index (κ3) is 2.87. The number of Topliss-reactive ketones (excluding diaryl/α,β-unsaturated/α-hetero) is 1. The topological polar surface area (TPSA) is 17.1 Å². The van der Waals surface area contributed by atoms with Gasteiger partial charge in [-0.15, -0.1) is 11.3 Å². The number of carbonyl (C=O) groups is 1. The third-order valence-corrected chi connectivity index (χ3v) is 4.97. The van der Waals surface area contributed by atoms with Crippen molar-refractivity contribution in [1.29, 1.82) is 0 Å². The number of carbonyl (C=O) groups excluding carboxylic acids is 1. The number of hydrogen-bond acceptors (Lipinski definition) is 2. The molecule has 0 saturated carbocycles. The molecular formula is C12H13BrOS2. The lowest BCUT2D eigenvalue weighted by Crippen LogP contribution is -2.06. The standard InChI is InChI=1S/C12H13BrOS2/c1-16(2,13)8-10(14)12-7-9-5-3-4-6-11(9)15-12/h3-7H,8H2,1-2H3. The highest BCUT2D eigenvalue weighted by Crippen LogP contribution is 2.48. The minimum absolute atomic E-state index is 0.248. The van der Waals surface area contributed by atoms with E-state index in [-0.39, 0.29) is 5.78 Å². The summed E-state index contributed by atoms with van der Waals surface area (Å²) in [4.78, 5) is 12.9. The summed E-state index contributed by atoms with van der Waals surface area (Å²) in [5.74, 6) is 0.859. The molecule has 0 bridgehead atoms. The molecule has 4 heteroatoms. The highest BCUT2D eigenvalue weighted by atomic mass is 79.9. The fraction of sp³-hybridized carbons (Fsp3) is 0.250. The molecule has 1 aromatic carbocycles. The molecule has 0 saturated heterocycles. The Bertz CT molecular complexity index is 492. The lowest BCUT2D eigenvalue weighted by Gasteiger charge is -2.20. The summed E-state index contributed by atoms with van der Waals surface area (Å²) in [6.07, 6.45) is 4.19. The first-order valence-electron chi connectivity index (χ1n) is 4.88. The van der Waals surface area contributed by atoms with Crippen LogP contribution in [-0.4, -0.2) is 24.0 Å². The van der Waals surface area contributed by atoms with Crippen LogP contribution in [0.15, 0.2) is 30.3 Å². The van der Waals surface area contributed by atoms with Crippen LogP contribution in [0.5, 0.6) is 0 Å². The summed E-state index contributed by atoms with van der Waals surface area (Å²) < 4.78 is 1.19. The van der Waals surface area contributed by atoms with Crippen LogP contribution < -0.4 is 0 Å². The van der Waals surface area contributed by atoms with Crippen molar-refractivity contribution in [3.05, 3.63) is 35.2 Å². The number of benzene rings is 1. The molecule has 2 rings (SSSR count). The molecular weight excluding hydrogens is 304 g/mol. The van der Waals surface area contributed by atoms with E-state index < -0.39 is 8.46 Å². The second-order valence-electron chi connectivity index (χ2n) is 4.12. The first kappa shape index (κ1) is 12.1. The Kier molecular flexibility index (Phi) is 3.42. The Labute approximate surface area is 108 Å². The quantitative estimate of drug-likeness (QED) is 0.764. The number of halogens is 1. The van der Waals surface area contributed by atoms with Crippen molar-refractivity contribution in [1.82, 2.24) is 0 Å². The molecule has 0 radical (unpaired) electrons. The van der Waals surface area contributed by atoms with Gasteiger partial charge in [-0.2, -0.15) is 8.46 Å². The third-order valence-electron chi connectivity index (χ3n) is 2.17. The van der Waals surface area contributed by atoms with E-state index in [0.717, 1.165) is 4.88 Å². The molecule has 86 valence electrons. The van der Waals surface area contributed by atoms with Gasteiger partial charge in [0.1, 0.15) is 0 Å². The highest BCUT2D eigenvalue weighted by Gasteiger charge is 2.16. The van der Waals surface area contributed by atoms with Gasteiger partial charge in [0.2, 0.25) is 0 Å². The fourth-order valence-electron chi connectivity index (χ4n) is 1.50. The van der Waals surface area contributed by atoms with Crippen molar-refractivity contribution in [2.24, 2.45) is 0 Å². The molecule has 1 heterocycles. The van der Waals surface area contributed by atoms with Crippen LogP contribution in [0, 0.1) is 0 Å². The molecule has 0 amide bonds. The molecule has 1 aromatic heterocycles. The van der Waals surface area contributed by atoms with E-state index in [1.54, 1.807) is 11.3 Å². The van der Waals surface area contributed by atoms with Crippen LogP contribution in [0.2, 0.25) is 0 Å². The molecule has 16 heavy (non-hydrogen) atoms. The van der Waals surface area contributed by atoms with E-state index in [1.165, 1.54) is 10.1 Å². The first-order chi connectivity index (χ1) is 7.46. The number of rotatable bonds is 3. The van der Waals surface area contributed by atoms with E-state index in [0.29, 0.717) is 5.75 Å². The Hall–Kier alpha value is -0.320. The van der Waals surface area contributed by atoms with Crippen LogP contribution in [0.25, 0.3) is 10.1 Å². The normalized spacial score (nSPS) is 12.9. The van der Waals surface area contributed by atoms with Crippen molar-refractivity contribution < 1.29 is 4.79 Å². The molecule has 0 atom stereocenters. The summed E-state index contributed by atoms with van der Waals surface area (Å²) in [5, 5.41) is 1.17. The van der Waals surface area contributed by atoms with Crippen LogP contribution >= 0.6 is 34.6 Å². The van der Waals surface area contributed by atoms with E-state index in [2.05, 4.69) is 39.5 Å². The average molecular weight is 317 g/mol. The predicted molar refractivity (Wildman–Crippen MR) is 79.4 cm³/mol. The molecule has 0 fully saturated rings. The van der Waals surface area contributed by atoms with Gasteiger partial charge in [0.05, 0.1) is 10.6 Å². The monoisotopic (exact) mass is 316 g/mol. The van der Waals surface area contributed by atoms with Crippen molar-refractivity contribution >= 4 is 50.5 Å². The molecule has 2 aromatic rings. The van der Waals surface area contributed by atoms with Crippen molar-refractivity contribution in [3.63, 3.8) is 0 Å². The maximum atomic E-state index is 12.0. The van der Waals surface area contributed by atoms with E-state index >= 15 is 0 Å². The molecule has 1 nitrogen and oxygen atoms in total. The van der Waals surface area contributed by atoms with Gasteiger partial charge in [-0.1, -0.05) is 18.2 Å². The van der Waals surface area contributed by atoms with Gasteiger partial charge in [0.25, 0.3) is 0 Å².